The first-order chi connectivity index (χ1) is 10.9. The highest BCUT2D eigenvalue weighted by Crippen LogP contribution is 2.32. The second-order valence-corrected chi connectivity index (χ2v) is 7.72. The minimum atomic E-state index is -3.71. The highest BCUT2D eigenvalue weighted by atomic mass is 32.2. The second-order valence-electron chi connectivity index (χ2n) is 5.91. The molecule has 0 aliphatic heterocycles. The topological polar surface area (TPSA) is 61.2 Å². The van der Waals surface area contributed by atoms with Crippen molar-refractivity contribution < 1.29 is 13.2 Å². The van der Waals surface area contributed by atoms with Crippen LogP contribution in [-0.4, -0.2) is 24.0 Å². The average Bonchev–Trinajstić information content (AvgIpc) is 3.02. The van der Waals surface area contributed by atoms with Crippen molar-refractivity contribution in [2.45, 2.75) is 51.3 Å². The number of ether oxygens (including phenoxy) is 1. The predicted molar refractivity (Wildman–Crippen MR) is 90.5 cm³/mol. The van der Waals surface area contributed by atoms with Crippen LogP contribution in [0.25, 0.3) is 0 Å². The summed E-state index contributed by atoms with van der Waals surface area (Å²) in [6.07, 6.45) is 6.05. The molecule has 0 amide bonds. The lowest BCUT2D eigenvalue weighted by molar-refractivity contribution is 0.301. The number of nitrogens with zero attached hydrogens (tertiary/aromatic N) is 2. The lowest BCUT2D eigenvalue weighted by Crippen LogP contribution is -2.14. The molecule has 2 rings (SSSR count). The quantitative estimate of drug-likeness (QED) is 0.723. The van der Waals surface area contributed by atoms with Gasteiger partial charge in [0.05, 0.1) is 6.61 Å². The summed E-state index contributed by atoms with van der Waals surface area (Å²) in [6.45, 7) is 8.65. The monoisotopic (exact) mass is 336 g/mol. The van der Waals surface area contributed by atoms with Gasteiger partial charge < -0.3 is 4.74 Å². The molecule has 2 aromatic rings. The Morgan fingerprint density at radius 1 is 1.30 bits per heavy atom. The summed E-state index contributed by atoms with van der Waals surface area (Å²) in [7, 11) is -3.71. The van der Waals surface area contributed by atoms with Crippen LogP contribution in [0.15, 0.2) is 35.7 Å². The molecule has 0 saturated carbocycles. The van der Waals surface area contributed by atoms with Crippen LogP contribution in [0.2, 0.25) is 0 Å². The van der Waals surface area contributed by atoms with Crippen molar-refractivity contribution >= 4 is 10.0 Å². The largest absolute Gasteiger partial charge is 0.492 e. The van der Waals surface area contributed by atoms with Gasteiger partial charge in [0.25, 0.3) is 10.0 Å². The van der Waals surface area contributed by atoms with Gasteiger partial charge >= 0.3 is 0 Å². The van der Waals surface area contributed by atoms with E-state index in [1.54, 1.807) is 6.07 Å². The normalized spacial score (nSPS) is 11.9. The van der Waals surface area contributed by atoms with Gasteiger partial charge in [0, 0.05) is 12.4 Å². The van der Waals surface area contributed by atoms with Crippen LogP contribution in [-0.2, 0) is 10.0 Å². The minimum absolute atomic E-state index is 0.195. The molecular weight excluding hydrogens is 312 g/mol. The van der Waals surface area contributed by atoms with Crippen molar-refractivity contribution in [3.05, 3.63) is 42.0 Å². The number of rotatable bonds is 7. The van der Waals surface area contributed by atoms with E-state index >= 15 is 0 Å². The fourth-order valence-electron chi connectivity index (χ4n) is 2.44. The third-order valence-corrected chi connectivity index (χ3v) is 5.39. The molecule has 0 aliphatic carbocycles. The van der Waals surface area contributed by atoms with Gasteiger partial charge in [-0.2, -0.15) is 0 Å². The fraction of sp³-hybridized carbons (Fsp3) is 0.471. The Kier molecular flexibility index (Phi) is 5.46. The van der Waals surface area contributed by atoms with Gasteiger partial charge in [-0.05, 0) is 42.5 Å². The van der Waals surface area contributed by atoms with Crippen molar-refractivity contribution in [1.82, 2.24) is 8.96 Å². The van der Waals surface area contributed by atoms with E-state index in [1.165, 1.54) is 18.7 Å². The standard InChI is InChI=1S/C17H24N2O3S/c1-5-6-9-22-16-10-14(4)15(13(2)3)11-17(16)23(20,21)19-8-7-18-12-19/h7-8,10-13H,5-6,9H2,1-4H3. The van der Waals surface area contributed by atoms with Crippen molar-refractivity contribution in [3.63, 3.8) is 0 Å². The summed E-state index contributed by atoms with van der Waals surface area (Å²) < 4.78 is 32.6. The lowest BCUT2D eigenvalue weighted by Gasteiger charge is -2.17. The molecule has 0 unspecified atom stereocenters. The first-order valence-corrected chi connectivity index (χ1v) is 9.32. The summed E-state index contributed by atoms with van der Waals surface area (Å²) in [4.78, 5) is 4.03. The van der Waals surface area contributed by atoms with Gasteiger partial charge in [0.15, 0.2) is 0 Å². The maximum absolute atomic E-state index is 12.9. The summed E-state index contributed by atoms with van der Waals surface area (Å²) in [5, 5.41) is 0. The Hall–Kier alpha value is -1.82. The van der Waals surface area contributed by atoms with E-state index in [-0.39, 0.29) is 10.8 Å². The van der Waals surface area contributed by atoms with E-state index < -0.39 is 10.0 Å². The van der Waals surface area contributed by atoms with Gasteiger partial charge in [-0.25, -0.2) is 17.4 Å². The summed E-state index contributed by atoms with van der Waals surface area (Å²) in [5.74, 6) is 0.644. The maximum Gasteiger partial charge on any atom is 0.272 e. The van der Waals surface area contributed by atoms with E-state index in [2.05, 4.69) is 11.9 Å². The number of aryl methyl sites for hydroxylation is 1. The molecule has 126 valence electrons. The molecule has 0 aliphatic rings. The molecule has 1 aromatic carbocycles. The number of imidazole rings is 1. The molecule has 23 heavy (non-hydrogen) atoms. The van der Waals surface area contributed by atoms with E-state index in [0.29, 0.717) is 12.4 Å². The van der Waals surface area contributed by atoms with Crippen molar-refractivity contribution in [2.24, 2.45) is 0 Å². The van der Waals surface area contributed by atoms with E-state index in [1.807, 2.05) is 26.8 Å². The Labute approximate surface area is 138 Å². The molecular formula is C17H24N2O3S. The lowest BCUT2D eigenvalue weighted by atomic mass is 9.98. The van der Waals surface area contributed by atoms with Crippen LogP contribution in [0.1, 0.15) is 50.7 Å². The van der Waals surface area contributed by atoms with E-state index in [4.69, 9.17) is 4.74 Å². The van der Waals surface area contributed by atoms with Gasteiger partial charge in [-0.3, -0.25) is 0 Å². The molecule has 0 fully saturated rings. The van der Waals surface area contributed by atoms with Gasteiger partial charge in [-0.15, -0.1) is 0 Å². The van der Waals surface area contributed by atoms with E-state index in [0.717, 1.165) is 27.9 Å². The predicted octanol–water partition coefficient (Wildman–Crippen LogP) is 3.73. The Bertz CT molecular complexity index is 750. The zero-order chi connectivity index (χ0) is 17.0. The second kappa shape index (κ2) is 7.17. The fourth-order valence-corrected chi connectivity index (χ4v) is 3.71. The van der Waals surface area contributed by atoms with Crippen molar-refractivity contribution in [2.75, 3.05) is 6.61 Å². The molecule has 5 nitrogen and oxygen atoms in total. The molecule has 1 aromatic heterocycles. The SMILES string of the molecule is CCCCOc1cc(C)c(C(C)C)cc1S(=O)(=O)n1ccnc1. The maximum atomic E-state index is 12.9. The van der Waals surface area contributed by atoms with Crippen LogP contribution in [0.4, 0.5) is 0 Å². The molecule has 0 atom stereocenters. The van der Waals surface area contributed by atoms with Crippen molar-refractivity contribution in [3.8, 4) is 5.75 Å². The Morgan fingerprint density at radius 2 is 2.04 bits per heavy atom. The first kappa shape index (κ1) is 17.5. The molecule has 0 radical (unpaired) electrons. The molecule has 0 saturated heterocycles. The van der Waals surface area contributed by atoms with Crippen LogP contribution in [0, 0.1) is 6.92 Å². The van der Waals surface area contributed by atoms with Gasteiger partial charge in [0.1, 0.15) is 17.0 Å². The first-order valence-electron chi connectivity index (χ1n) is 7.88. The summed E-state index contributed by atoms with van der Waals surface area (Å²) in [6, 6.07) is 3.56. The van der Waals surface area contributed by atoms with Crippen LogP contribution in [0.3, 0.4) is 0 Å². The van der Waals surface area contributed by atoms with E-state index in [9.17, 15) is 8.42 Å². The number of hydrogen-bond donors (Lipinski definition) is 0. The van der Waals surface area contributed by atoms with Crippen LogP contribution in [0.5, 0.6) is 5.75 Å². The van der Waals surface area contributed by atoms with Crippen LogP contribution >= 0.6 is 0 Å². The Morgan fingerprint density at radius 3 is 2.61 bits per heavy atom. The van der Waals surface area contributed by atoms with Crippen LogP contribution < -0.4 is 4.74 Å². The Balaban J connectivity index is 2.56. The summed E-state index contributed by atoms with van der Waals surface area (Å²) in [5.41, 5.74) is 2.04. The summed E-state index contributed by atoms with van der Waals surface area (Å²) >= 11 is 0. The highest BCUT2D eigenvalue weighted by molar-refractivity contribution is 7.90. The highest BCUT2D eigenvalue weighted by Gasteiger charge is 2.24. The minimum Gasteiger partial charge on any atom is -0.492 e. The molecule has 1 heterocycles. The zero-order valence-electron chi connectivity index (χ0n) is 14.1. The average molecular weight is 336 g/mol. The van der Waals surface area contributed by atoms with Crippen molar-refractivity contribution in [1.29, 1.82) is 0 Å². The number of benzene rings is 1. The number of aromatic nitrogens is 2. The molecule has 0 bridgehead atoms. The van der Waals surface area contributed by atoms with Gasteiger partial charge in [-0.1, -0.05) is 27.2 Å². The zero-order valence-corrected chi connectivity index (χ0v) is 14.9. The number of hydrogen-bond acceptors (Lipinski definition) is 4. The number of unbranched alkanes of at least 4 members (excludes halogenated alkanes) is 1. The third kappa shape index (κ3) is 3.75. The molecule has 0 N–H and O–H groups in total. The smallest absolute Gasteiger partial charge is 0.272 e. The van der Waals surface area contributed by atoms with Gasteiger partial charge in [0.2, 0.25) is 0 Å². The molecule has 0 spiro atoms. The molecule has 6 heteroatoms. The third-order valence-electron chi connectivity index (χ3n) is 3.75.